The minimum atomic E-state index is -1.05. The SMILES string of the molecule is O=C(O)c1c(OCCc2cccs2)nc2ccccn12. The fourth-order valence-electron chi connectivity index (χ4n) is 1.97. The number of carbonyl (C=O) groups is 1. The maximum atomic E-state index is 11.3. The quantitative estimate of drug-likeness (QED) is 0.784. The first-order valence-electron chi connectivity index (χ1n) is 6.11. The summed E-state index contributed by atoms with van der Waals surface area (Å²) in [6.45, 7) is 0.407. The number of pyridine rings is 1. The van der Waals surface area contributed by atoms with E-state index in [0.29, 0.717) is 12.3 Å². The summed E-state index contributed by atoms with van der Waals surface area (Å²) in [5.41, 5.74) is 0.628. The number of hydrogen-bond acceptors (Lipinski definition) is 4. The highest BCUT2D eigenvalue weighted by atomic mass is 32.1. The Bertz CT molecular complexity index is 734. The summed E-state index contributed by atoms with van der Waals surface area (Å²) in [6, 6.07) is 9.32. The van der Waals surface area contributed by atoms with Crippen molar-refractivity contribution in [3.8, 4) is 5.88 Å². The molecule has 3 rings (SSSR count). The van der Waals surface area contributed by atoms with E-state index < -0.39 is 5.97 Å². The zero-order valence-corrected chi connectivity index (χ0v) is 11.3. The van der Waals surface area contributed by atoms with E-state index in [1.54, 1.807) is 29.7 Å². The maximum Gasteiger partial charge on any atom is 0.358 e. The Morgan fingerprint density at radius 1 is 1.35 bits per heavy atom. The number of imidazole rings is 1. The minimum Gasteiger partial charge on any atom is -0.476 e. The Labute approximate surface area is 119 Å². The molecule has 0 radical (unpaired) electrons. The zero-order chi connectivity index (χ0) is 13.9. The van der Waals surface area contributed by atoms with Gasteiger partial charge in [-0.25, -0.2) is 4.79 Å². The molecule has 0 fully saturated rings. The molecule has 3 aromatic rings. The Morgan fingerprint density at radius 3 is 3.00 bits per heavy atom. The molecule has 0 spiro atoms. The van der Waals surface area contributed by atoms with Crippen molar-refractivity contribution in [2.45, 2.75) is 6.42 Å². The van der Waals surface area contributed by atoms with Crippen LogP contribution in [0.2, 0.25) is 0 Å². The van der Waals surface area contributed by atoms with Gasteiger partial charge in [-0.3, -0.25) is 4.40 Å². The van der Waals surface area contributed by atoms with E-state index in [0.717, 1.165) is 6.42 Å². The third kappa shape index (κ3) is 2.37. The molecular formula is C14H12N2O3S. The lowest BCUT2D eigenvalue weighted by molar-refractivity contribution is 0.0684. The molecule has 0 atom stereocenters. The molecule has 0 aliphatic rings. The largest absolute Gasteiger partial charge is 0.476 e. The lowest BCUT2D eigenvalue weighted by atomic mass is 10.3. The highest BCUT2D eigenvalue weighted by Crippen LogP contribution is 2.20. The van der Waals surface area contributed by atoms with Gasteiger partial charge in [0.2, 0.25) is 5.88 Å². The highest BCUT2D eigenvalue weighted by Gasteiger charge is 2.19. The third-order valence-electron chi connectivity index (χ3n) is 2.87. The second-order valence-electron chi connectivity index (χ2n) is 4.18. The molecule has 0 saturated carbocycles. The second kappa shape index (κ2) is 5.34. The Kier molecular flexibility index (Phi) is 3.39. The molecule has 0 amide bonds. The predicted octanol–water partition coefficient (Wildman–Crippen LogP) is 2.72. The average molecular weight is 288 g/mol. The van der Waals surface area contributed by atoms with E-state index in [1.165, 1.54) is 9.28 Å². The summed E-state index contributed by atoms with van der Waals surface area (Å²) in [4.78, 5) is 16.8. The van der Waals surface area contributed by atoms with Gasteiger partial charge in [-0.15, -0.1) is 11.3 Å². The number of thiophene rings is 1. The monoisotopic (exact) mass is 288 g/mol. The van der Waals surface area contributed by atoms with Crippen molar-refractivity contribution in [1.82, 2.24) is 9.38 Å². The van der Waals surface area contributed by atoms with Gasteiger partial charge >= 0.3 is 5.97 Å². The van der Waals surface area contributed by atoms with Crippen LogP contribution in [-0.4, -0.2) is 27.1 Å². The summed E-state index contributed by atoms with van der Waals surface area (Å²) in [5, 5.41) is 11.3. The molecule has 0 unspecified atom stereocenters. The van der Waals surface area contributed by atoms with Crippen LogP contribution in [0.3, 0.4) is 0 Å². The van der Waals surface area contributed by atoms with Crippen LogP contribution >= 0.6 is 11.3 Å². The molecule has 0 saturated heterocycles. The molecule has 0 aromatic carbocycles. The summed E-state index contributed by atoms with van der Waals surface area (Å²) in [5.74, 6) is -0.880. The molecule has 1 N–H and O–H groups in total. The van der Waals surface area contributed by atoms with Crippen LogP contribution in [0.5, 0.6) is 5.88 Å². The molecule has 0 aliphatic carbocycles. The number of aromatic carboxylic acids is 1. The third-order valence-corrected chi connectivity index (χ3v) is 3.80. The topological polar surface area (TPSA) is 63.8 Å². The van der Waals surface area contributed by atoms with Crippen LogP contribution < -0.4 is 4.74 Å². The van der Waals surface area contributed by atoms with Gasteiger partial charge in [-0.2, -0.15) is 4.98 Å². The van der Waals surface area contributed by atoms with E-state index in [2.05, 4.69) is 4.98 Å². The molecule has 0 aliphatic heterocycles. The first-order valence-corrected chi connectivity index (χ1v) is 6.99. The van der Waals surface area contributed by atoms with Crippen molar-refractivity contribution in [2.24, 2.45) is 0 Å². The molecule has 20 heavy (non-hydrogen) atoms. The van der Waals surface area contributed by atoms with E-state index >= 15 is 0 Å². The molecule has 3 heterocycles. The standard InChI is InChI=1S/C14H12N2O3S/c17-14(18)12-13(15-11-5-1-2-7-16(11)12)19-8-6-10-4-3-9-20-10/h1-5,7,9H,6,8H2,(H,17,18). The van der Waals surface area contributed by atoms with Gasteiger partial charge in [0.15, 0.2) is 5.69 Å². The fourth-order valence-corrected chi connectivity index (χ4v) is 2.66. The fraction of sp³-hybridized carbons (Fsp3) is 0.143. The average Bonchev–Trinajstić information content (AvgIpc) is 3.05. The van der Waals surface area contributed by atoms with Crippen LogP contribution in [0.15, 0.2) is 41.9 Å². The summed E-state index contributed by atoms with van der Waals surface area (Å²) < 4.78 is 7.07. The number of hydrogen-bond donors (Lipinski definition) is 1. The summed E-state index contributed by atoms with van der Waals surface area (Å²) in [6.07, 6.45) is 2.41. The Hall–Kier alpha value is -2.34. The first-order chi connectivity index (χ1) is 9.75. The maximum absolute atomic E-state index is 11.3. The van der Waals surface area contributed by atoms with Crippen LogP contribution in [0.25, 0.3) is 5.65 Å². The number of aromatic nitrogens is 2. The van der Waals surface area contributed by atoms with Gasteiger partial charge in [0.05, 0.1) is 6.61 Å². The minimum absolute atomic E-state index is 0.0618. The van der Waals surface area contributed by atoms with Crippen molar-refractivity contribution in [2.75, 3.05) is 6.61 Å². The number of nitrogens with zero attached hydrogens (tertiary/aromatic N) is 2. The van der Waals surface area contributed by atoms with Gasteiger partial charge in [-0.05, 0) is 23.6 Å². The van der Waals surface area contributed by atoms with Gasteiger partial charge in [0.1, 0.15) is 5.65 Å². The van der Waals surface area contributed by atoms with Gasteiger partial charge < -0.3 is 9.84 Å². The number of fused-ring (bicyclic) bond motifs is 1. The van der Waals surface area contributed by atoms with E-state index in [4.69, 9.17) is 4.74 Å². The lowest BCUT2D eigenvalue weighted by Crippen LogP contribution is -2.07. The number of carboxylic acids is 1. The summed E-state index contributed by atoms with van der Waals surface area (Å²) >= 11 is 1.65. The number of carboxylic acid groups (broad SMARTS) is 1. The van der Waals surface area contributed by atoms with Crippen LogP contribution in [-0.2, 0) is 6.42 Å². The smallest absolute Gasteiger partial charge is 0.358 e. The predicted molar refractivity (Wildman–Crippen MR) is 75.7 cm³/mol. The zero-order valence-electron chi connectivity index (χ0n) is 10.5. The van der Waals surface area contributed by atoms with Crippen molar-refractivity contribution in [1.29, 1.82) is 0 Å². The molecular weight excluding hydrogens is 276 g/mol. The molecule has 0 bridgehead atoms. The normalized spacial score (nSPS) is 10.8. The Balaban J connectivity index is 1.83. The van der Waals surface area contributed by atoms with Crippen LogP contribution in [0, 0.1) is 0 Å². The van der Waals surface area contributed by atoms with Crippen molar-refractivity contribution in [3.05, 3.63) is 52.5 Å². The molecule has 102 valence electrons. The molecule has 6 heteroatoms. The summed E-state index contributed by atoms with van der Waals surface area (Å²) in [7, 11) is 0. The molecule has 3 aromatic heterocycles. The number of ether oxygens (including phenoxy) is 1. The molecule has 5 nitrogen and oxygen atoms in total. The first kappa shape index (κ1) is 12.7. The van der Waals surface area contributed by atoms with Crippen molar-refractivity contribution >= 4 is 23.0 Å². The van der Waals surface area contributed by atoms with Gasteiger partial charge in [0.25, 0.3) is 0 Å². The van der Waals surface area contributed by atoms with Crippen LogP contribution in [0.1, 0.15) is 15.4 Å². The van der Waals surface area contributed by atoms with Crippen molar-refractivity contribution in [3.63, 3.8) is 0 Å². The second-order valence-corrected chi connectivity index (χ2v) is 5.21. The van der Waals surface area contributed by atoms with Gasteiger partial charge in [-0.1, -0.05) is 12.1 Å². The Morgan fingerprint density at radius 2 is 2.25 bits per heavy atom. The van der Waals surface area contributed by atoms with Crippen molar-refractivity contribution < 1.29 is 14.6 Å². The van der Waals surface area contributed by atoms with E-state index in [-0.39, 0.29) is 11.6 Å². The van der Waals surface area contributed by atoms with Crippen LogP contribution in [0.4, 0.5) is 0 Å². The number of rotatable bonds is 5. The van der Waals surface area contributed by atoms with E-state index in [9.17, 15) is 9.90 Å². The lowest BCUT2D eigenvalue weighted by Gasteiger charge is -2.03. The van der Waals surface area contributed by atoms with E-state index in [1.807, 2.05) is 23.6 Å². The highest BCUT2D eigenvalue weighted by molar-refractivity contribution is 7.09. The van der Waals surface area contributed by atoms with Gasteiger partial charge in [0, 0.05) is 17.5 Å².